The van der Waals surface area contributed by atoms with Crippen LogP contribution in [0.15, 0.2) is 60.8 Å². The fourth-order valence-electron chi connectivity index (χ4n) is 6.20. The summed E-state index contributed by atoms with van der Waals surface area (Å²) in [7, 11) is 2.40. The lowest BCUT2D eigenvalue weighted by atomic mass is 10.1. The van der Waals surface area contributed by atoms with E-state index in [9.17, 15) is 24.0 Å². The Morgan fingerprint density at radius 3 is 1.28 bits per heavy atom. The van der Waals surface area contributed by atoms with Crippen LogP contribution in [0.4, 0.5) is 0 Å². The van der Waals surface area contributed by atoms with Crippen molar-refractivity contribution in [1.29, 1.82) is 0 Å². The third-order valence-electron chi connectivity index (χ3n) is 9.58. The lowest BCUT2D eigenvalue weighted by Gasteiger charge is -2.17. The molecule has 3 heterocycles. The number of aromatic amines is 3. The summed E-state index contributed by atoms with van der Waals surface area (Å²) in [6.45, 7) is 5.52. The Balaban J connectivity index is 0.000000215. The summed E-state index contributed by atoms with van der Waals surface area (Å²) in [5.74, 6) is -3.62. The van der Waals surface area contributed by atoms with Gasteiger partial charge in [0.25, 0.3) is 17.7 Å². The molecule has 0 radical (unpaired) electrons. The molecule has 0 aliphatic carbocycles. The van der Waals surface area contributed by atoms with Gasteiger partial charge in [0.2, 0.25) is 0 Å². The minimum absolute atomic E-state index is 0.0384. The van der Waals surface area contributed by atoms with Crippen molar-refractivity contribution in [3.63, 3.8) is 0 Å². The van der Waals surface area contributed by atoms with Gasteiger partial charge in [-0.25, -0.2) is 9.59 Å². The van der Waals surface area contributed by atoms with E-state index in [-0.39, 0.29) is 44.1 Å². The van der Waals surface area contributed by atoms with E-state index in [4.69, 9.17) is 128 Å². The maximum atomic E-state index is 12.1. The Morgan fingerprint density at radius 1 is 0.523 bits per heavy atom. The van der Waals surface area contributed by atoms with Gasteiger partial charge in [0, 0.05) is 6.20 Å². The van der Waals surface area contributed by atoms with Gasteiger partial charge in [0.1, 0.15) is 17.1 Å². The van der Waals surface area contributed by atoms with Crippen LogP contribution in [0.2, 0.25) is 30.1 Å². The number of imidazole rings is 3. The van der Waals surface area contributed by atoms with Crippen LogP contribution in [-0.2, 0) is 9.47 Å². The van der Waals surface area contributed by atoms with Crippen molar-refractivity contribution in [2.24, 2.45) is 17.2 Å². The highest BCUT2D eigenvalue weighted by Gasteiger charge is 2.28. The largest absolute Gasteiger partial charge is 0.464 e. The van der Waals surface area contributed by atoms with Gasteiger partial charge in [-0.1, -0.05) is 87.8 Å². The lowest BCUT2D eigenvalue weighted by Crippen LogP contribution is -2.23. The third kappa shape index (κ3) is 12.1. The molecule has 25 heteroatoms. The van der Waals surface area contributed by atoms with E-state index in [1.807, 2.05) is 13.0 Å². The van der Waals surface area contributed by atoms with Crippen molar-refractivity contribution in [1.82, 2.24) is 28.7 Å². The first kappa shape index (κ1) is 52.7. The van der Waals surface area contributed by atoms with E-state index in [1.54, 1.807) is 73.1 Å². The number of aromatic nitrogens is 6. The normalized spacial score (nSPS) is 12.1. The number of nitrogens with zero attached hydrogens (tertiary/aromatic N) is 3. The molecular weight excluding hydrogens is 1030 g/mol. The number of hydrogen-bond donors (Lipinski definition) is 6. The van der Waals surface area contributed by atoms with Crippen molar-refractivity contribution >= 4 is 136 Å². The van der Waals surface area contributed by atoms with Crippen LogP contribution in [0, 0.1) is 14.3 Å². The molecule has 3 aromatic carbocycles. The molecule has 6 rings (SSSR count). The Morgan fingerprint density at radius 2 is 0.923 bits per heavy atom. The molecule has 3 unspecified atom stereocenters. The number of esters is 2. The first-order chi connectivity index (χ1) is 30.4. The van der Waals surface area contributed by atoms with E-state index < -0.39 is 41.7 Å². The molecule has 0 aliphatic heterocycles. The van der Waals surface area contributed by atoms with E-state index in [1.165, 1.54) is 23.4 Å². The average Bonchev–Trinajstić information content (AvgIpc) is 3.95. The Hall–Kier alpha value is -4.96. The quantitative estimate of drug-likeness (QED) is 0.0529. The second-order valence-electron chi connectivity index (χ2n) is 13.6. The average molecular weight is 1060 g/mol. The first-order valence-electron chi connectivity index (χ1n) is 18.4. The molecule has 16 nitrogen and oxygen atoms in total. The monoisotopic (exact) mass is 1060 g/mol. The summed E-state index contributed by atoms with van der Waals surface area (Å²) >= 11 is 51.3. The number of H-pyrrole nitrogens is 3. The van der Waals surface area contributed by atoms with Crippen LogP contribution in [0.25, 0.3) is 0 Å². The van der Waals surface area contributed by atoms with Gasteiger partial charge in [-0.15, -0.1) is 0 Å². The number of rotatable bonds is 11. The predicted molar refractivity (Wildman–Crippen MR) is 258 cm³/mol. The summed E-state index contributed by atoms with van der Waals surface area (Å²) in [5, 5.41) is 2.52. The summed E-state index contributed by atoms with van der Waals surface area (Å²) in [6, 6.07) is 14.5. The minimum Gasteiger partial charge on any atom is -0.464 e. The number of carbonyl (C=O) groups excluding carboxylic acids is 5. The number of methoxy groups -OCH3 is 2. The molecule has 344 valence electrons. The fraction of sp³-hybridized carbons (Fsp3) is 0.200. The van der Waals surface area contributed by atoms with Crippen molar-refractivity contribution in [2.45, 2.75) is 38.9 Å². The SMILES string of the molecule is CC(c1ccc(Cl)c(Cl)c1)n1cc(C(N)=O)[nH]c1=S.COC(=O)c1[nH]c(=S)n(C(C)c2ccc(Cl)c(Cl)c2)c1C(N)=O.COC(=O)c1c(C(N)=O)[nH]c(=S)n1C(C)c1ccc(Cl)c(Cl)c1. The molecule has 0 saturated carbocycles. The van der Waals surface area contributed by atoms with E-state index in [0.29, 0.717) is 34.9 Å². The zero-order valence-electron chi connectivity index (χ0n) is 34.4. The molecule has 3 atom stereocenters. The molecule has 3 amide bonds. The highest BCUT2D eigenvalue weighted by atomic mass is 35.5. The molecule has 0 spiro atoms. The molecule has 0 saturated heterocycles. The Labute approximate surface area is 415 Å². The van der Waals surface area contributed by atoms with Crippen LogP contribution in [0.3, 0.4) is 0 Å². The smallest absolute Gasteiger partial charge is 0.357 e. The number of halogens is 6. The van der Waals surface area contributed by atoms with Crippen molar-refractivity contribution < 1.29 is 33.4 Å². The van der Waals surface area contributed by atoms with Gasteiger partial charge in [0.15, 0.2) is 25.7 Å². The maximum absolute atomic E-state index is 12.1. The number of nitrogens with one attached hydrogen (secondary N) is 3. The molecule has 0 fully saturated rings. The molecule has 9 N–H and O–H groups in total. The minimum atomic E-state index is -0.809. The van der Waals surface area contributed by atoms with Crippen LogP contribution < -0.4 is 17.2 Å². The molecule has 6 aromatic rings. The predicted octanol–water partition coefficient (Wildman–Crippen LogP) is 10.3. The Bertz CT molecular complexity index is 3010. The summed E-state index contributed by atoms with van der Waals surface area (Å²) < 4.78 is 14.8. The van der Waals surface area contributed by atoms with Crippen molar-refractivity contribution in [3.8, 4) is 0 Å². The second kappa shape index (κ2) is 22.5. The van der Waals surface area contributed by atoms with Gasteiger partial charge in [-0.2, -0.15) is 0 Å². The van der Waals surface area contributed by atoms with Gasteiger partial charge in [-0.05, 0) is 111 Å². The maximum Gasteiger partial charge on any atom is 0.357 e. The molecule has 65 heavy (non-hydrogen) atoms. The van der Waals surface area contributed by atoms with E-state index in [2.05, 4.69) is 19.7 Å². The summed E-state index contributed by atoms with van der Waals surface area (Å²) in [6.07, 6.45) is 1.60. The summed E-state index contributed by atoms with van der Waals surface area (Å²) in [5.41, 5.74) is 18.3. The van der Waals surface area contributed by atoms with E-state index in [0.717, 1.165) is 16.7 Å². The summed E-state index contributed by atoms with van der Waals surface area (Å²) in [4.78, 5) is 66.4. The molecule has 3 aromatic heterocycles. The number of benzene rings is 3. The van der Waals surface area contributed by atoms with Gasteiger partial charge < -0.3 is 55.3 Å². The van der Waals surface area contributed by atoms with E-state index >= 15 is 0 Å². The lowest BCUT2D eigenvalue weighted by molar-refractivity contribution is 0.0578. The topological polar surface area (TPSA) is 244 Å². The number of hydrogen-bond acceptors (Lipinski definition) is 10. The van der Waals surface area contributed by atoms with Gasteiger partial charge >= 0.3 is 11.9 Å². The highest BCUT2D eigenvalue weighted by Crippen LogP contribution is 2.31. The number of primary amides is 3. The number of carbonyl (C=O) groups is 5. The fourth-order valence-corrected chi connectivity index (χ4v) is 8.14. The zero-order chi connectivity index (χ0) is 48.8. The van der Waals surface area contributed by atoms with Crippen LogP contribution in [-0.4, -0.2) is 72.5 Å². The van der Waals surface area contributed by atoms with Crippen molar-refractivity contribution in [2.75, 3.05) is 14.2 Å². The zero-order valence-corrected chi connectivity index (χ0v) is 41.4. The van der Waals surface area contributed by atoms with Gasteiger partial charge in [-0.3, -0.25) is 14.4 Å². The second-order valence-corrected chi connectivity index (χ2v) is 17.2. The first-order valence-corrected chi connectivity index (χ1v) is 21.9. The molecule has 0 bridgehead atoms. The highest BCUT2D eigenvalue weighted by molar-refractivity contribution is 7.71. The van der Waals surface area contributed by atoms with Crippen LogP contribution >= 0.6 is 106 Å². The number of ether oxygens (including phenoxy) is 2. The van der Waals surface area contributed by atoms with Crippen molar-refractivity contribution in [3.05, 3.63) is 150 Å². The van der Waals surface area contributed by atoms with Crippen LogP contribution in [0.1, 0.15) is 108 Å². The molecular formula is C40H37Cl6N9O7S3. The third-order valence-corrected chi connectivity index (χ3v) is 12.7. The number of amides is 3. The standard InChI is InChI=1S/2C14H13Cl2N3O3S.C12H11Cl2N3OS/c1-6(7-3-4-8(15)9(16)5-7)19-11(12(17)20)10(13(21)22-2)18-14(19)23;1-6(7-3-4-8(15)9(16)5-7)19-11(13(21)22-2)10(12(17)20)18-14(19)23;1-6(7-2-3-8(13)9(14)4-7)17-5-10(11(15)18)16-12(17)19/h2*3-6H,1-2H3,(H2,17,20)(H,18,23);2-6H,1H3,(H2,15,18)(H,16,19). The molecule has 0 aliphatic rings. The van der Waals surface area contributed by atoms with Gasteiger partial charge in [0.05, 0.1) is 62.5 Å². The number of nitrogens with two attached hydrogens (primary N) is 3. The Kier molecular flexibility index (Phi) is 18.2. The van der Waals surface area contributed by atoms with Crippen LogP contribution in [0.5, 0.6) is 0 Å².